The third kappa shape index (κ3) is 5.00. The van der Waals surface area contributed by atoms with E-state index in [1.165, 1.54) is 12.1 Å². The zero-order valence-electron chi connectivity index (χ0n) is 11.2. The number of carbonyl (C=O) groups is 1. The molecule has 0 saturated carbocycles. The maximum atomic E-state index is 11.5. The van der Waals surface area contributed by atoms with Gasteiger partial charge in [-0.1, -0.05) is 26.0 Å². The molecule has 0 spiro atoms. The van der Waals surface area contributed by atoms with Crippen LogP contribution in [0.25, 0.3) is 0 Å². The number of carbonyl (C=O) groups excluding carboxylic acids is 1. The van der Waals surface area contributed by atoms with Gasteiger partial charge in [0.15, 0.2) is 0 Å². The van der Waals surface area contributed by atoms with E-state index in [-0.39, 0.29) is 16.7 Å². The van der Waals surface area contributed by atoms with E-state index in [0.29, 0.717) is 13.0 Å². The van der Waals surface area contributed by atoms with E-state index in [0.717, 1.165) is 12.0 Å². The molecule has 0 aromatic heterocycles. The Labute approximate surface area is 114 Å². The van der Waals surface area contributed by atoms with Crippen LogP contribution in [0, 0.1) is 5.92 Å². The van der Waals surface area contributed by atoms with Crippen molar-refractivity contribution in [1.82, 2.24) is 5.32 Å². The van der Waals surface area contributed by atoms with Gasteiger partial charge in [-0.2, -0.15) is 0 Å². The van der Waals surface area contributed by atoms with Crippen LogP contribution < -0.4 is 10.5 Å². The number of sulfonamides is 1. The van der Waals surface area contributed by atoms with E-state index < -0.39 is 10.0 Å². The highest BCUT2D eigenvalue weighted by Gasteiger charge is 2.09. The summed E-state index contributed by atoms with van der Waals surface area (Å²) in [7, 11) is -3.64. The number of hydrogen-bond acceptors (Lipinski definition) is 3. The van der Waals surface area contributed by atoms with E-state index in [9.17, 15) is 13.2 Å². The van der Waals surface area contributed by atoms with Crippen LogP contribution in [0.2, 0.25) is 0 Å². The first-order chi connectivity index (χ1) is 8.84. The van der Waals surface area contributed by atoms with Crippen LogP contribution in [0.1, 0.15) is 25.8 Å². The van der Waals surface area contributed by atoms with Crippen LogP contribution in [0.5, 0.6) is 0 Å². The average Bonchev–Trinajstić information content (AvgIpc) is 2.37. The minimum Gasteiger partial charge on any atom is -0.356 e. The third-order valence-corrected chi connectivity index (χ3v) is 3.95. The summed E-state index contributed by atoms with van der Waals surface area (Å²) in [4.78, 5) is 11.6. The minimum atomic E-state index is -3.64. The number of hydrogen-bond donors (Lipinski definition) is 2. The Morgan fingerprint density at radius 1 is 1.32 bits per heavy atom. The first kappa shape index (κ1) is 15.7. The van der Waals surface area contributed by atoms with E-state index >= 15 is 0 Å². The monoisotopic (exact) mass is 284 g/mol. The fourth-order valence-electron chi connectivity index (χ4n) is 1.54. The second-order valence-electron chi connectivity index (χ2n) is 4.54. The maximum Gasteiger partial charge on any atom is 0.238 e. The van der Waals surface area contributed by atoms with Gasteiger partial charge in [0.05, 0.1) is 4.90 Å². The molecule has 1 amide bonds. The van der Waals surface area contributed by atoms with Gasteiger partial charge in [0, 0.05) is 12.5 Å². The number of benzene rings is 1. The molecule has 0 aliphatic rings. The highest BCUT2D eigenvalue weighted by Crippen LogP contribution is 2.09. The fourth-order valence-corrected chi connectivity index (χ4v) is 2.05. The van der Waals surface area contributed by atoms with Gasteiger partial charge in [0.2, 0.25) is 15.9 Å². The number of nitrogens with one attached hydrogen (secondary N) is 1. The summed E-state index contributed by atoms with van der Waals surface area (Å²) in [5.74, 6) is 0.0633. The molecule has 6 heteroatoms. The van der Waals surface area contributed by atoms with Gasteiger partial charge < -0.3 is 5.32 Å². The predicted octanol–water partition coefficient (Wildman–Crippen LogP) is 1.04. The standard InChI is InChI=1S/C13H20N2O3S/c1-3-10(2)13(16)15-9-8-11-4-6-12(7-5-11)19(14,17)18/h4-7,10H,3,8-9H2,1-2H3,(H,15,16)(H2,14,17,18)/t10-/m1/s1. The second kappa shape index (κ2) is 6.68. The summed E-state index contributed by atoms with van der Waals surface area (Å²) < 4.78 is 22.2. The Morgan fingerprint density at radius 3 is 2.37 bits per heavy atom. The van der Waals surface area contributed by atoms with Gasteiger partial charge in [-0.05, 0) is 30.5 Å². The lowest BCUT2D eigenvalue weighted by Gasteiger charge is -2.09. The van der Waals surface area contributed by atoms with Crippen molar-refractivity contribution in [3.63, 3.8) is 0 Å². The SMILES string of the molecule is CC[C@@H](C)C(=O)NCCc1ccc(S(N)(=O)=O)cc1. The summed E-state index contributed by atoms with van der Waals surface area (Å²) in [6, 6.07) is 6.35. The quantitative estimate of drug-likeness (QED) is 0.818. The van der Waals surface area contributed by atoms with Crippen molar-refractivity contribution in [3.8, 4) is 0 Å². The zero-order valence-corrected chi connectivity index (χ0v) is 12.0. The summed E-state index contributed by atoms with van der Waals surface area (Å²) in [6.45, 7) is 4.39. The molecule has 0 radical (unpaired) electrons. The first-order valence-electron chi connectivity index (χ1n) is 6.24. The lowest BCUT2D eigenvalue weighted by molar-refractivity contribution is -0.124. The van der Waals surface area contributed by atoms with Crippen molar-refractivity contribution >= 4 is 15.9 Å². The Morgan fingerprint density at radius 2 is 1.89 bits per heavy atom. The fraction of sp³-hybridized carbons (Fsp3) is 0.462. The molecule has 1 aromatic rings. The Kier molecular flexibility index (Phi) is 5.50. The molecule has 1 rings (SSSR count). The highest BCUT2D eigenvalue weighted by atomic mass is 32.2. The number of rotatable bonds is 6. The summed E-state index contributed by atoms with van der Waals surface area (Å²) in [5.41, 5.74) is 0.955. The molecule has 0 saturated heterocycles. The molecule has 19 heavy (non-hydrogen) atoms. The van der Waals surface area contributed by atoms with E-state index in [4.69, 9.17) is 5.14 Å². The summed E-state index contributed by atoms with van der Waals surface area (Å²) in [6.07, 6.45) is 1.47. The molecule has 3 N–H and O–H groups in total. The highest BCUT2D eigenvalue weighted by molar-refractivity contribution is 7.89. The normalized spacial score (nSPS) is 13.0. The maximum absolute atomic E-state index is 11.5. The van der Waals surface area contributed by atoms with Gasteiger partial charge >= 0.3 is 0 Å². The smallest absolute Gasteiger partial charge is 0.238 e. The van der Waals surface area contributed by atoms with Crippen molar-refractivity contribution in [2.75, 3.05) is 6.54 Å². The van der Waals surface area contributed by atoms with Crippen molar-refractivity contribution in [2.24, 2.45) is 11.1 Å². The number of amides is 1. The second-order valence-corrected chi connectivity index (χ2v) is 6.10. The Hall–Kier alpha value is -1.40. The van der Waals surface area contributed by atoms with Gasteiger partial charge in [0.25, 0.3) is 0 Å². The zero-order chi connectivity index (χ0) is 14.5. The third-order valence-electron chi connectivity index (χ3n) is 3.02. The van der Waals surface area contributed by atoms with E-state index in [1.807, 2.05) is 13.8 Å². The number of primary sulfonamides is 1. The van der Waals surface area contributed by atoms with Crippen molar-refractivity contribution in [2.45, 2.75) is 31.6 Å². The Balaban J connectivity index is 2.49. The van der Waals surface area contributed by atoms with Gasteiger partial charge in [-0.3, -0.25) is 4.79 Å². The molecule has 0 aliphatic heterocycles. The van der Waals surface area contributed by atoms with Gasteiger partial charge in [-0.15, -0.1) is 0 Å². The molecule has 106 valence electrons. The molecule has 1 atom stereocenters. The van der Waals surface area contributed by atoms with Crippen LogP contribution in [-0.4, -0.2) is 20.9 Å². The molecule has 5 nitrogen and oxygen atoms in total. The van der Waals surface area contributed by atoms with Crippen LogP contribution in [0.3, 0.4) is 0 Å². The van der Waals surface area contributed by atoms with Crippen LogP contribution in [0.15, 0.2) is 29.2 Å². The molecule has 0 bridgehead atoms. The molecule has 0 fully saturated rings. The topological polar surface area (TPSA) is 89.3 Å². The van der Waals surface area contributed by atoms with Crippen LogP contribution in [0.4, 0.5) is 0 Å². The Bertz CT molecular complexity index is 523. The first-order valence-corrected chi connectivity index (χ1v) is 7.78. The average molecular weight is 284 g/mol. The van der Waals surface area contributed by atoms with Crippen LogP contribution in [-0.2, 0) is 21.2 Å². The molecular formula is C13H20N2O3S. The predicted molar refractivity (Wildman–Crippen MR) is 74.0 cm³/mol. The van der Waals surface area contributed by atoms with Crippen molar-refractivity contribution < 1.29 is 13.2 Å². The molecule has 0 aliphatic carbocycles. The van der Waals surface area contributed by atoms with E-state index in [2.05, 4.69) is 5.32 Å². The lowest BCUT2D eigenvalue weighted by atomic mass is 10.1. The van der Waals surface area contributed by atoms with Gasteiger partial charge in [0.1, 0.15) is 0 Å². The van der Waals surface area contributed by atoms with Crippen molar-refractivity contribution in [3.05, 3.63) is 29.8 Å². The lowest BCUT2D eigenvalue weighted by Crippen LogP contribution is -2.30. The molecule has 0 unspecified atom stereocenters. The largest absolute Gasteiger partial charge is 0.356 e. The summed E-state index contributed by atoms with van der Waals surface area (Å²) >= 11 is 0. The molecular weight excluding hydrogens is 264 g/mol. The molecule has 0 heterocycles. The molecule has 1 aromatic carbocycles. The van der Waals surface area contributed by atoms with Crippen LogP contribution >= 0.6 is 0 Å². The van der Waals surface area contributed by atoms with Gasteiger partial charge in [-0.25, -0.2) is 13.6 Å². The minimum absolute atomic E-state index is 0.0183. The van der Waals surface area contributed by atoms with E-state index in [1.54, 1.807) is 12.1 Å². The summed E-state index contributed by atoms with van der Waals surface area (Å²) in [5, 5.41) is 7.86. The number of nitrogens with two attached hydrogens (primary N) is 1. The van der Waals surface area contributed by atoms with Crippen molar-refractivity contribution in [1.29, 1.82) is 0 Å².